The highest BCUT2D eigenvalue weighted by Crippen LogP contribution is 2.30. The fourth-order valence-electron chi connectivity index (χ4n) is 3.64. The van der Waals surface area contributed by atoms with Gasteiger partial charge in [0.15, 0.2) is 5.96 Å². The molecular formula is C25H32IN5O3. The number of benzene rings is 2. The molecule has 3 rings (SSSR count). The third kappa shape index (κ3) is 7.73. The van der Waals surface area contributed by atoms with Crippen molar-refractivity contribution in [1.29, 1.82) is 0 Å². The summed E-state index contributed by atoms with van der Waals surface area (Å²) in [6, 6.07) is 13.2. The predicted molar refractivity (Wildman–Crippen MR) is 148 cm³/mol. The molecule has 34 heavy (non-hydrogen) atoms. The van der Waals surface area contributed by atoms with E-state index in [1.807, 2.05) is 37.3 Å². The lowest BCUT2D eigenvalue weighted by molar-refractivity contribution is -0.114. The molecule has 1 aliphatic rings. The van der Waals surface area contributed by atoms with Gasteiger partial charge in [0, 0.05) is 60.8 Å². The Bertz CT molecular complexity index is 1020. The van der Waals surface area contributed by atoms with Crippen molar-refractivity contribution >= 4 is 47.2 Å². The Morgan fingerprint density at radius 2 is 1.94 bits per heavy atom. The third-order valence-electron chi connectivity index (χ3n) is 5.27. The van der Waals surface area contributed by atoms with E-state index in [-0.39, 0.29) is 42.5 Å². The number of ether oxygens (including phenoxy) is 2. The van der Waals surface area contributed by atoms with Crippen molar-refractivity contribution < 1.29 is 14.3 Å². The maximum Gasteiger partial charge on any atom is 0.246 e. The number of nitrogens with zero attached hydrogens (tertiary/aromatic N) is 2. The van der Waals surface area contributed by atoms with Gasteiger partial charge in [-0.1, -0.05) is 12.0 Å². The number of carbonyl (C=O) groups excluding carboxylic acids is 1. The Morgan fingerprint density at radius 3 is 2.59 bits per heavy atom. The Balaban J connectivity index is 0.00000408. The van der Waals surface area contributed by atoms with Crippen LogP contribution < -0.4 is 30.3 Å². The number of methoxy groups -OCH3 is 2. The summed E-state index contributed by atoms with van der Waals surface area (Å²) in [4.78, 5) is 19.1. The lowest BCUT2D eigenvalue weighted by Gasteiger charge is -2.21. The summed E-state index contributed by atoms with van der Waals surface area (Å²) in [5.74, 6) is 4.48. The summed E-state index contributed by atoms with van der Waals surface area (Å²) in [5.41, 5.74) is 2.42. The van der Waals surface area contributed by atoms with Gasteiger partial charge in [-0.2, -0.15) is 0 Å². The van der Waals surface area contributed by atoms with Gasteiger partial charge in [0.2, 0.25) is 5.91 Å². The average Bonchev–Trinajstić information content (AvgIpc) is 3.31. The second kappa shape index (κ2) is 13.5. The van der Waals surface area contributed by atoms with Crippen molar-refractivity contribution in [2.24, 2.45) is 4.99 Å². The first-order valence-electron chi connectivity index (χ1n) is 10.9. The molecule has 0 spiro atoms. The van der Waals surface area contributed by atoms with E-state index < -0.39 is 0 Å². The van der Waals surface area contributed by atoms with Gasteiger partial charge < -0.3 is 30.3 Å². The van der Waals surface area contributed by atoms with Crippen LogP contribution >= 0.6 is 24.0 Å². The van der Waals surface area contributed by atoms with Crippen LogP contribution in [0.1, 0.15) is 18.9 Å². The van der Waals surface area contributed by atoms with E-state index in [2.05, 4.69) is 31.8 Å². The molecule has 0 aliphatic carbocycles. The van der Waals surface area contributed by atoms with Gasteiger partial charge in [0.25, 0.3) is 0 Å². The molecule has 1 atom stereocenters. The molecule has 0 radical (unpaired) electrons. The highest BCUT2D eigenvalue weighted by Gasteiger charge is 2.24. The maximum absolute atomic E-state index is 12.4. The van der Waals surface area contributed by atoms with Gasteiger partial charge >= 0.3 is 0 Å². The Kier molecular flexibility index (Phi) is 10.8. The van der Waals surface area contributed by atoms with Gasteiger partial charge in [0.1, 0.15) is 18.0 Å². The number of aliphatic imine (C=N–C) groups is 1. The molecule has 1 heterocycles. The molecule has 9 heteroatoms. The number of hydrogen-bond acceptors (Lipinski definition) is 5. The quantitative estimate of drug-likeness (QED) is 0.194. The van der Waals surface area contributed by atoms with E-state index in [0.717, 1.165) is 36.7 Å². The van der Waals surface area contributed by atoms with E-state index >= 15 is 0 Å². The largest absolute Gasteiger partial charge is 0.497 e. The molecule has 1 amide bonds. The van der Waals surface area contributed by atoms with Crippen LogP contribution in [0.15, 0.2) is 47.5 Å². The molecule has 0 saturated carbocycles. The van der Waals surface area contributed by atoms with Gasteiger partial charge in [-0.3, -0.25) is 4.79 Å². The van der Waals surface area contributed by atoms with Crippen molar-refractivity contribution in [3.8, 4) is 23.8 Å². The molecule has 1 saturated heterocycles. The first kappa shape index (κ1) is 27.1. The van der Waals surface area contributed by atoms with Crippen LogP contribution in [0.3, 0.4) is 0 Å². The van der Waals surface area contributed by atoms with E-state index in [1.165, 1.54) is 0 Å². The first-order chi connectivity index (χ1) is 16.0. The van der Waals surface area contributed by atoms with Gasteiger partial charge in [-0.05, 0) is 31.5 Å². The SMILES string of the molecule is C#Cc1cccc(NC(=O)CN=C(NCC)NC2CCN(c3cc(OC)cc(OC)c3)C2)c1.I. The molecule has 2 aromatic carbocycles. The first-order valence-corrected chi connectivity index (χ1v) is 10.9. The fraction of sp³-hybridized carbons (Fsp3) is 0.360. The van der Waals surface area contributed by atoms with Crippen molar-refractivity contribution in [1.82, 2.24) is 10.6 Å². The van der Waals surface area contributed by atoms with Crippen LogP contribution in [-0.4, -0.2) is 58.3 Å². The molecule has 8 nitrogen and oxygen atoms in total. The molecular weight excluding hydrogens is 545 g/mol. The number of rotatable bonds is 8. The summed E-state index contributed by atoms with van der Waals surface area (Å²) in [5, 5.41) is 9.48. The van der Waals surface area contributed by atoms with Gasteiger partial charge in [0.05, 0.1) is 14.2 Å². The van der Waals surface area contributed by atoms with Crippen LogP contribution in [0, 0.1) is 12.3 Å². The average molecular weight is 577 g/mol. The van der Waals surface area contributed by atoms with Crippen LogP contribution in [0.2, 0.25) is 0 Å². The minimum absolute atomic E-state index is 0. The molecule has 182 valence electrons. The molecule has 3 N–H and O–H groups in total. The van der Waals surface area contributed by atoms with Crippen LogP contribution in [0.25, 0.3) is 0 Å². The Morgan fingerprint density at radius 1 is 1.21 bits per heavy atom. The Labute approximate surface area is 218 Å². The zero-order valence-corrected chi connectivity index (χ0v) is 22.1. The molecule has 1 unspecified atom stereocenters. The lowest BCUT2D eigenvalue weighted by atomic mass is 10.2. The normalized spacial score (nSPS) is 15.1. The maximum atomic E-state index is 12.4. The number of nitrogens with one attached hydrogen (secondary N) is 3. The molecule has 0 aromatic heterocycles. The highest BCUT2D eigenvalue weighted by atomic mass is 127. The number of carbonyl (C=O) groups is 1. The number of halogens is 1. The highest BCUT2D eigenvalue weighted by molar-refractivity contribution is 14.0. The van der Waals surface area contributed by atoms with E-state index in [0.29, 0.717) is 23.8 Å². The zero-order valence-electron chi connectivity index (χ0n) is 19.8. The van der Waals surface area contributed by atoms with Gasteiger partial charge in [-0.15, -0.1) is 30.4 Å². The number of hydrogen-bond donors (Lipinski definition) is 3. The second-order valence-electron chi connectivity index (χ2n) is 7.62. The van der Waals surface area contributed by atoms with Crippen molar-refractivity contribution in [2.75, 3.05) is 50.6 Å². The molecule has 1 fully saturated rings. The fourth-order valence-corrected chi connectivity index (χ4v) is 3.64. The molecule has 2 aromatic rings. The minimum atomic E-state index is -0.210. The second-order valence-corrected chi connectivity index (χ2v) is 7.62. The number of guanidine groups is 1. The van der Waals surface area contributed by atoms with Crippen molar-refractivity contribution in [2.45, 2.75) is 19.4 Å². The summed E-state index contributed by atoms with van der Waals surface area (Å²) < 4.78 is 10.8. The summed E-state index contributed by atoms with van der Waals surface area (Å²) in [6.07, 6.45) is 6.36. The lowest BCUT2D eigenvalue weighted by Crippen LogP contribution is -2.45. The van der Waals surface area contributed by atoms with E-state index in [1.54, 1.807) is 26.4 Å². The standard InChI is InChI=1S/C25H31N5O3.HI/c1-5-18-8-7-9-19(12-18)28-24(31)16-27-25(26-6-2)29-20-10-11-30(17-20)21-13-22(32-3)15-23(14-21)33-4;/h1,7-9,12-15,20H,6,10-11,16-17H2,2-4H3,(H,28,31)(H2,26,27,29);1H. The van der Waals surface area contributed by atoms with Crippen LogP contribution in [-0.2, 0) is 4.79 Å². The summed E-state index contributed by atoms with van der Waals surface area (Å²) >= 11 is 0. The summed E-state index contributed by atoms with van der Waals surface area (Å²) in [6.45, 7) is 4.37. The monoisotopic (exact) mass is 577 g/mol. The van der Waals surface area contributed by atoms with E-state index in [4.69, 9.17) is 15.9 Å². The molecule has 0 bridgehead atoms. The van der Waals surface area contributed by atoms with Crippen LogP contribution in [0.5, 0.6) is 11.5 Å². The smallest absolute Gasteiger partial charge is 0.246 e. The van der Waals surface area contributed by atoms with Crippen molar-refractivity contribution in [3.63, 3.8) is 0 Å². The van der Waals surface area contributed by atoms with Crippen LogP contribution in [0.4, 0.5) is 11.4 Å². The Hall–Kier alpha value is -3.13. The number of terminal acetylenes is 1. The zero-order chi connectivity index (χ0) is 23.6. The predicted octanol–water partition coefficient (Wildman–Crippen LogP) is 3.08. The van der Waals surface area contributed by atoms with Crippen molar-refractivity contribution in [3.05, 3.63) is 48.0 Å². The number of anilines is 2. The molecule has 1 aliphatic heterocycles. The summed E-state index contributed by atoms with van der Waals surface area (Å²) in [7, 11) is 3.29. The van der Waals surface area contributed by atoms with E-state index in [9.17, 15) is 4.79 Å². The minimum Gasteiger partial charge on any atom is -0.497 e. The van der Waals surface area contributed by atoms with Gasteiger partial charge in [-0.25, -0.2) is 4.99 Å². The number of amides is 1. The topological polar surface area (TPSA) is 87.2 Å². The third-order valence-corrected chi connectivity index (χ3v) is 5.27.